The van der Waals surface area contributed by atoms with Gasteiger partial charge in [0.15, 0.2) is 0 Å². The molecule has 0 aromatic heterocycles. The molecule has 0 aliphatic carbocycles. The van der Waals surface area contributed by atoms with Crippen molar-refractivity contribution in [3.05, 3.63) is 58.7 Å². The molecule has 0 radical (unpaired) electrons. The molecule has 168 valence electrons. The van der Waals surface area contributed by atoms with E-state index in [4.69, 9.17) is 23.2 Å². The third-order valence-electron chi connectivity index (χ3n) is 5.91. The van der Waals surface area contributed by atoms with Crippen LogP contribution in [0.25, 0.3) is 0 Å². The van der Waals surface area contributed by atoms with Crippen molar-refractivity contribution in [1.29, 1.82) is 0 Å². The van der Waals surface area contributed by atoms with Crippen LogP contribution in [0.1, 0.15) is 41.4 Å². The summed E-state index contributed by atoms with van der Waals surface area (Å²) in [5, 5.41) is -0.547. The van der Waals surface area contributed by atoms with Gasteiger partial charge in [0.25, 0.3) is 23.6 Å². The Balaban J connectivity index is 1.87. The highest BCUT2D eigenvalue weighted by atomic mass is 35.5. The number of benzene rings is 2. The van der Waals surface area contributed by atoms with Crippen molar-refractivity contribution in [3.8, 4) is 0 Å². The Hall–Kier alpha value is -3.14. The first-order valence-corrected chi connectivity index (χ1v) is 13.6. The number of halogens is 2. The zero-order valence-corrected chi connectivity index (χ0v) is 20.0. The summed E-state index contributed by atoms with van der Waals surface area (Å²) in [7, 11) is -2.89. The molecule has 2 aliphatic heterocycles. The molecule has 2 aromatic carbocycles. The van der Waals surface area contributed by atoms with Crippen LogP contribution in [0.2, 0.25) is 13.1 Å². The maximum Gasteiger partial charge on any atom is 0.262 e. The molecule has 0 N–H and O–H groups in total. The molecule has 0 atom stereocenters. The summed E-state index contributed by atoms with van der Waals surface area (Å²) < 4.78 is 0. The Morgan fingerprint density at radius 2 is 1.06 bits per heavy atom. The van der Waals surface area contributed by atoms with Gasteiger partial charge in [-0.2, -0.15) is 0 Å². The van der Waals surface area contributed by atoms with Gasteiger partial charge in [-0.05, 0) is 45.7 Å². The van der Waals surface area contributed by atoms with Crippen LogP contribution >= 0.6 is 23.2 Å². The lowest BCUT2D eigenvalue weighted by Gasteiger charge is -2.27. The second-order valence-corrected chi connectivity index (χ2v) is 13.4. The molecular weight excluding hydrogens is 487 g/mol. The van der Waals surface area contributed by atoms with E-state index in [1.807, 2.05) is 13.1 Å². The fourth-order valence-electron chi connectivity index (χ4n) is 4.39. The second-order valence-electron chi connectivity index (χ2n) is 8.18. The van der Waals surface area contributed by atoms with E-state index in [1.54, 1.807) is 24.3 Å². The minimum atomic E-state index is -2.89. The average molecular weight is 503 g/mol. The number of imide groups is 2. The zero-order chi connectivity index (χ0) is 24.2. The third kappa shape index (κ3) is 3.52. The van der Waals surface area contributed by atoms with E-state index in [2.05, 4.69) is 0 Å². The van der Waals surface area contributed by atoms with Gasteiger partial charge in [0, 0.05) is 0 Å². The van der Waals surface area contributed by atoms with Gasteiger partial charge in [0.05, 0.1) is 22.3 Å². The average Bonchev–Trinajstić information content (AvgIpc) is 3.14. The lowest BCUT2D eigenvalue weighted by atomic mass is 10.1. The van der Waals surface area contributed by atoms with Gasteiger partial charge in [-0.3, -0.25) is 38.6 Å². The molecule has 0 fully saturated rings. The van der Waals surface area contributed by atoms with Crippen molar-refractivity contribution in [2.24, 2.45) is 0 Å². The highest BCUT2D eigenvalue weighted by Crippen LogP contribution is 2.27. The van der Waals surface area contributed by atoms with Crippen molar-refractivity contribution in [1.82, 2.24) is 9.80 Å². The van der Waals surface area contributed by atoms with Crippen molar-refractivity contribution in [3.63, 3.8) is 0 Å². The fraction of sp³-hybridized carbons (Fsp3) is 0.182. The van der Waals surface area contributed by atoms with E-state index in [1.165, 1.54) is 12.1 Å². The molecule has 8 nitrogen and oxygen atoms in total. The van der Waals surface area contributed by atoms with Gasteiger partial charge >= 0.3 is 0 Å². The molecule has 0 saturated heterocycles. The molecule has 0 unspecified atom stereocenters. The summed E-state index contributed by atoms with van der Waals surface area (Å²) in [6, 6.07) is 9.69. The molecule has 2 aromatic rings. The quantitative estimate of drug-likeness (QED) is 0.333. The van der Waals surface area contributed by atoms with Gasteiger partial charge in [0.2, 0.25) is 10.5 Å². The first-order chi connectivity index (χ1) is 15.5. The fourth-order valence-corrected chi connectivity index (χ4v) is 7.68. The summed E-state index contributed by atoms with van der Waals surface area (Å²) in [5.74, 6) is -2.51. The molecule has 4 rings (SSSR count). The maximum atomic E-state index is 13.1. The maximum absolute atomic E-state index is 13.1. The minimum Gasteiger partial charge on any atom is -0.279 e. The van der Waals surface area contributed by atoms with Crippen LogP contribution in [-0.2, 0) is 9.59 Å². The Morgan fingerprint density at radius 3 is 1.39 bits per heavy atom. The molecule has 0 bridgehead atoms. The Kier molecular flexibility index (Phi) is 5.59. The van der Waals surface area contributed by atoms with Crippen LogP contribution in [0.4, 0.5) is 0 Å². The number of hydrogen-bond acceptors (Lipinski definition) is 6. The Bertz CT molecular complexity index is 1210. The Labute approximate surface area is 199 Å². The molecule has 0 spiro atoms. The number of hydrogen-bond donors (Lipinski definition) is 0. The van der Waals surface area contributed by atoms with Crippen LogP contribution in [0.15, 0.2) is 36.4 Å². The van der Waals surface area contributed by atoms with Gasteiger partial charge in [-0.15, -0.1) is 0 Å². The van der Waals surface area contributed by atoms with Crippen LogP contribution in [0.5, 0.6) is 0 Å². The molecule has 33 heavy (non-hydrogen) atoms. The Morgan fingerprint density at radius 1 is 0.697 bits per heavy atom. The summed E-state index contributed by atoms with van der Waals surface area (Å²) >= 11 is 10.8. The van der Waals surface area contributed by atoms with Gasteiger partial charge in [-0.25, -0.2) is 0 Å². The minimum absolute atomic E-state index is 0.153. The summed E-state index contributed by atoms with van der Waals surface area (Å²) in [4.78, 5) is 76.0. The normalized spacial score (nSPS) is 15.3. The molecule has 0 saturated carbocycles. The lowest BCUT2D eigenvalue weighted by Crippen LogP contribution is -2.56. The first kappa shape index (κ1) is 23.0. The second kappa shape index (κ2) is 8.02. The SMILES string of the molecule is C[Si](C)(c1cccc2c1C(=O)N(CC(=O)Cl)C2=O)c1cccc2c1C(=O)N(CC(=O)Cl)C2=O. The smallest absolute Gasteiger partial charge is 0.262 e. The van der Waals surface area contributed by atoms with E-state index in [0.717, 1.165) is 9.80 Å². The largest absolute Gasteiger partial charge is 0.279 e. The van der Waals surface area contributed by atoms with Crippen LogP contribution in [0.3, 0.4) is 0 Å². The monoisotopic (exact) mass is 502 g/mol. The van der Waals surface area contributed by atoms with Gasteiger partial charge < -0.3 is 0 Å². The third-order valence-corrected chi connectivity index (χ3v) is 9.68. The van der Waals surface area contributed by atoms with Crippen LogP contribution in [0, 0.1) is 0 Å². The zero-order valence-electron chi connectivity index (χ0n) is 17.5. The van der Waals surface area contributed by atoms with Crippen molar-refractivity contribution in [2.45, 2.75) is 13.1 Å². The highest BCUT2D eigenvalue weighted by molar-refractivity contribution is 7.01. The van der Waals surface area contributed by atoms with Gasteiger partial charge in [-0.1, -0.05) is 37.4 Å². The van der Waals surface area contributed by atoms with E-state index in [-0.39, 0.29) is 22.3 Å². The number of fused-ring (bicyclic) bond motifs is 2. The van der Waals surface area contributed by atoms with E-state index < -0.39 is 55.3 Å². The highest BCUT2D eigenvalue weighted by Gasteiger charge is 2.45. The first-order valence-electron chi connectivity index (χ1n) is 9.82. The summed E-state index contributed by atoms with van der Waals surface area (Å²) in [6.07, 6.45) is 0. The molecule has 4 amide bonds. The standard InChI is InChI=1S/C22H16Cl2N2O6Si/c1-33(2,13-7-3-5-11-17(13)21(31)25(19(11)29)9-15(23)27)14-8-4-6-12-18(14)22(32)26(20(12)30)10-16(24)28/h3-8H,9-10H2,1-2H3. The predicted molar refractivity (Wildman–Crippen MR) is 122 cm³/mol. The molecule has 2 aliphatic rings. The summed E-state index contributed by atoms with van der Waals surface area (Å²) in [6.45, 7) is 2.67. The predicted octanol–water partition coefficient (Wildman–Crippen LogP) is 1.23. The van der Waals surface area contributed by atoms with Crippen LogP contribution in [-0.4, -0.2) is 65.1 Å². The van der Waals surface area contributed by atoms with Crippen LogP contribution < -0.4 is 10.4 Å². The molecule has 2 heterocycles. The van der Waals surface area contributed by atoms with Crippen molar-refractivity contribution in [2.75, 3.05) is 13.1 Å². The number of carbonyl (C=O) groups is 6. The number of nitrogens with zero attached hydrogens (tertiary/aromatic N) is 2. The van der Waals surface area contributed by atoms with Crippen molar-refractivity contribution < 1.29 is 28.8 Å². The topological polar surface area (TPSA) is 109 Å². The molecular formula is C22H16Cl2N2O6Si. The van der Waals surface area contributed by atoms with Crippen molar-refractivity contribution >= 4 is 75.8 Å². The lowest BCUT2D eigenvalue weighted by molar-refractivity contribution is -0.112. The van der Waals surface area contributed by atoms with E-state index in [0.29, 0.717) is 10.4 Å². The number of rotatable bonds is 6. The van der Waals surface area contributed by atoms with Gasteiger partial charge in [0.1, 0.15) is 21.2 Å². The molecule has 11 heteroatoms. The number of carbonyl (C=O) groups excluding carboxylic acids is 6. The van der Waals surface area contributed by atoms with E-state index >= 15 is 0 Å². The number of amides is 4. The summed E-state index contributed by atoms with van der Waals surface area (Å²) in [5.41, 5.74) is 0.638. The van der Waals surface area contributed by atoms with E-state index in [9.17, 15) is 28.8 Å².